The van der Waals surface area contributed by atoms with Crippen LogP contribution in [0.2, 0.25) is 0 Å². The van der Waals surface area contributed by atoms with Gasteiger partial charge in [-0.05, 0) is 24.0 Å². The Kier molecular flexibility index (Phi) is 4.32. The van der Waals surface area contributed by atoms with E-state index in [9.17, 15) is 4.79 Å². The Balaban J connectivity index is 1.65. The molecule has 2 fully saturated rings. The molecule has 1 aromatic carbocycles. The lowest BCUT2D eigenvalue weighted by Crippen LogP contribution is -2.32. The lowest BCUT2D eigenvalue weighted by atomic mass is 10.1. The molecular formula is C16H22N2OS. The van der Waals surface area contributed by atoms with Crippen LogP contribution in [0.1, 0.15) is 18.9 Å². The largest absolute Gasteiger partial charge is 0.326 e. The number of carbonyl (C=O) groups excluding carboxylic acids is 1. The van der Waals surface area contributed by atoms with Gasteiger partial charge in [-0.25, -0.2) is 0 Å². The molecule has 20 heavy (non-hydrogen) atoms. The summed E-state index contributed by atoms with van der Waals surface area (Å²) in [5, 5.41) is 3.12. The van der Waals surface area contributed by atoms with E-state index in [4.69, 9.17) is 0 Å². The molecule has 3 nitrogen and oxygen atoms in total. The van der Waals surface area contributed by atoms with Crippen LogP contribution >= 0.6 is 11.8 Å². The van der Waals surface area contributed by atoms with Gasteiger partial charge in [0.15, 0.2) is 0 Å². The molecule has 1 amide bonds. The molecule has 1 aromatic rings. The van der Waals surface area contributed by atoms with Gasteiger partial charge in [-0.2, -0.15) is 11.8 Å². The van der Waals surface area contributed by atoms with E-state index in [2.05, 4.69) is 29.3 Å². The smallest absolute Gasteiger partial charge is 0.227 e. The number of nitrogens with one attached hydrogen (secondary N) is 1. The number of hydrogen-bond donors (Lipinski definition) is 1. The van der Waals surface area contributed by atoms with Gasteiger partial charge in [0.25, 0.3) is 0 Å². The summed E-state index contributed by atoms with van der Waals surface area (Å²) >= 11 is 2.03. The molecular weight excluding hydrogens is 268 g/mol. The van der Waals surface area contributed by atoms with Crippen LogP contribution in [0.15, 0.2) is 24.3 Å². The predicted octanol–water partition coefficient (Wildman–Crippen LogP) is 2.83. The number of hydrogen-bond acceptors (Lipinski definition) is 3. The highest BCUT2D eigenvalue weighted by atomic mass is 32.2. The molecule has 0 bridgehead atoms. The summed E-state index contributed by atoms with van der Waals surface area (Å²) in [7, 11) is 0. The van der Waals surface area contributed by atoms with Crippen molar-refractivity contribution in [3.05, 3.63) is 29.8 Å². The second kappa shape index (κ2) is 6.19. The minimum atomic E-state index is 0.194. The third kappa shape index (κ3) is 3.36. The molecule has 0 radical (unpaired) electrons. The van der Waals surface area contributed by atoms with Crippen LogP contribution in [-0.2, 0) is 11.3 Å². The van der Waals surface area contributed by atoms with Crippen LogP contribution < -0.4 is 5.32 Å². The minimum absolute atomic E-state index is 0.194. The van der Waals surface area contributed by atoms with Crippen LogP contribution in [0.4, 0.5) is 5.69 Å². The van der Waals surface area contributed by atoms with E-state index in [0.717, 1.165) is 31.7 Å². The fourth-order valence-corrected chi connectivity index (χ4v) is 3.67. The van der Waals surface area contributed by atoms with Gasteiger partial charge in [0.1, 0.15) is 0 Å². The first-order chi connectivity index (χ1) is 9.74. The molecule has 0 spiro atoms. The first kappa shape index (κ1) is 14.0. The van der Waals surface area contributed by atoms with Gasteiger partial charge in [-0.1, -0.05) is 25.1 Å². The molecule has 4 heteroatoms. The summed E-state index contributed by atoms with van der Waals surface area (Å²) in [6, 6.07) is 8.22. The standard InChI is InChI=1S/C16H22N2OS/c1-12-10-14(12)16(19)17-15-5-3-2-4-13(15)11-18-6-8-20-9-7-18/h2-5,12,14H,6-11H2,1H3,(H,17,19)/t12-,14-/m1/s1. The summed E-state index contributed by atoms with van der Waals surface area (Å²) in [6.45, 7) is 5.37. The molecule has 1 saturated carbocycles. The molecule has 1 saturated heterocycles. The lowest BCUT2D eigenvalue weighted by Gasteiger charge is -2.27. The zero-order chi connectivity index (χ0) is 13.9. The Morgan fingerprint density at radius 3 is 2.75 bits per heavy atom. The van der Waals surface area contributed by atoms with E-state index in [-0.39, 0.29) is 11.8 Å². The van der Waals surface area contributed by atoms with Crippen molar-refractivity contribution in [2.45, 2.75) is 19.9 Å². The number of anilines is 1. The first-order valence-electron chi connectivity index (χ1n) is 7.43. The number of benzene rings is 1. The second-order valence-corrected chi connectivity index (χ2v) is 7.08. The topological polar surface area (TPSA) is 32.3 Å². The highest BCUT2D eigenvalue weighted by Crippen LogP contribution is 2.38. The van der Waals surface area contributed by atoms with Gasteiger partial charge < -0.3 is 5.32 Å². The molecule has 0 unspecified atom stereocenters. The average Bonchev–Trinajstić information content (AvgIpc) is 3.19. The van der Waals surface area contributed by atoms with Crippen molar-refractivity contribution in [2.75, 3.05) is 29.9 Å². The van der Waals surface area contributed by atoms with Crippen molar-refractivity contribution in [1.82, 2.24) is 4.90 Å². The zero-order valence-electron chi connectivity index (χ0n) is 12.0. The first-order valence-corrected chi connectivity index (χ1v) is 8.58. The summed E-state index contributed by atoms with van der Waals surface area (Å²) in [5.41, 5.74) is 2.23. The second-order valence-electron chi connectivity index (χ2n) is 5.85. The molecule has 108 valence electrons. The van der Waals surface area contributed by atoms with Gasteiger partial charge in [0.05, 0.1) is 0 Å². The maximum atomic E-state index is 12.1. The van der Waals surface area contributed by atoms with Crippen LogP contribution in [0.5, 0.6) is 0 Å². The number of thioether (sulfide) groups is 1. The third-order valence-electron chi connectivity index (χ3n) is 4.22. The maximum absolute atomic E-state index is 12.1. The van der Waals surface area contributed by atoms with Crippen molar-refractivity contribution >= 4 is 23.4 Å². The van der Waals surface area contributed by atoms with Crippen molar-refractivity contribution in [1.29, 1.82) is 0 Å². The van der Waals surface area contributed by atoms with Crippen molar-refractivity contribution in [2.24, 2.45) is 11.8 Å². The van der Waals surface area contributed by atoms with Gasteiger partial charge in [-0.3, -0.25) is 9.69 Å². The van der Waals surface area contributed by atoms with Gasteiger partial charge in [0, 0.05) is 42.7 Å². The van der Waals surface area contributed by atoms with Gasteiger partial charge in [-0.15, -0.1) is 0 Å². The highest BCUT2D eigenvalue weighted by molar-refractivity contribution is 7.99. The minimum Gasteiger partial charge on any atom is -0.326 e. The van der Waals surface area contributed by atoms with Crippen LogP contribution in [0.3, 0.4) is 0 Å². The van der Waals surface area contributed by atoms with Gasteiger partial charge >= 0.3 is 0 Å². The Morgan fingerprint density at radius 2 is 2.05 bits per heavy atom. The molecule has 1 aliphatic heterocycles. The summed E-state index contributed by atoms with van der Waals surface area (Å²) in [6.07, 6.45) is 1.04. The van der Waals surface area contributed by atoms with Crippen LogP contribution in [0, 0.1) is 11.8 Å². The average molecular weight is 290 g/mol. The van der Waals surface area contributed by atoms with E-state index >= 15 is 0 Å². The Morgan fingerprint density at radius 1 is 1.35 bits per heavy atom. The molecule has 3 rings (SSSR count). The molecule has 1 heterocycles. The number of amides is 1. The van der Waals surface area contributed by atoms with E-state index in [0.29, 0.717) is 5.92 Å². The van der Waals surface area contributed by atoms with Crippen molar-refractivity contribution in [3.63, 3.8) is 0 Å². The van der Waals surface area contributed by atoms with Crippen LogP contribution in [0.25, 0.3) is 0 Å². The van der Waals surface area contributed by atoms with Crippen molar-refractivity contribution < 1.29 is 4.79 Å². The lowest BCUT2D eigenvalue weighted by molar-refractivity contribution is -0.117. The van der Waals surface area contributed by atoms with E-state index < -0.39 is 0 Å². The Bertz CT molecular complexity index is 485. The number of nitrogens with zero attached hydrogens (tertiary/aromatic N) is 1. The Hall–Kier alpha value is -1.00. The van der Waals surface area contributed by atoms with E-state index in [1.165, 1.54) is 17.1 Å². The number of carbonyl (C=O) groups is 1. The molecule has 0 aromatic heterocycles. The van der Waals surface area contributed by atoms with Crippen molar-refractivity contribution in [3.8, 4) is 0 Å². The molecule has 2 aliphatic rings. The molecule has 1 aliphatic carbocycles. The molecule has 2 atom stereocenters. The summed E-state index contributed by atoms with van der Waals surface area (Å²) in [5.74, 6) is 3.41. The molecule has 1 N–H and O–H groups in total. The fourth-order valence-electron chi connectivity index (χ4n) is 2.69. The summed E-state index contributed by atoms with van der Waals surface area (Å²) < 4.78 is 0. The monoisotopic (exact) mass is 290 g/mol. The quantitative estimate of drug-likeness (QED) is 0.925. The Labute approximate surface area is 125 Å². The number of para-hydroxylation sites is 1. The summed E-state index contributed by atoms with van der Waals surface area (Å²) in [4.78, 5) is 14.6. The fraction of sp³-hybridized carbons (Fsp3) is 0.562. The van der Waals surface area contributed by atoms with Gasteiger partial charge in [0.2, 0.25) is 5.91 Å². The third-order valence-corrected chi connectivity index (χ3v) is 5.16. The predicted molar refractivity (Wildman–Crippen MR) is 84.9 cm³/mol. The normalized spacial score (nSPS) is 26.2. The zero-order valence-corrected chi connectivity index (χ0v) is 12.8. The SMILES string of the molecule is C[C@@H]1C[C@H]1C(=O)Nc1ccccc1CN1CCSCC1. The number of rotatable bonds is 4. The van der Waals surface area contributed by atoms with E-state index in [1.807, 2.05) is 23.9 Å². The highest BCUT2D eigenvalue weighted by Gasteiger charge is 2.39. The maximum Gasteiger partial charge on any atom is 0.227 e. The van der Waals surface area contributed by atoms with Crippen LogP contribution in [-0.4, -0.2) is 35.4 Å². The van der Waals surface area contributed by atoms with E-state index in [1.54, 1.807) is 0 Å².